The van der Waals surface area contributed by atoms with Crippen molar-refractivity contribution in [2.75, 3.05) is 0 Å². The molecule has 0 amide bonds. The molecular weight excluding hydrogens is 160 g/mol. The van der Waals surface area contributed by atoms with Crippen molar-refractivity contribution in [1.82, 2.24) is 0 Å². The van der Waals surface area contributed by atoms with Crippen LogP contribution < -0.4 is 0 Å². The first-order chi connectivity index (χ1) is 6.33. The quantitative estimate of drug-likeness (QED) is 0.652. The molecule has 4 fully saturated rings. The van der Waals surface area contributed by atoms with Gasteiger partial charge in [0.15, 0.2) is 0 Å². The molecule has 0 aromatic carbocycles. The van der Waals surface area contributed by atoms with Crippen LogP contribution in [0.5, 0.6) is 0 Å². The topological polar surface area (TPSA) is 20.2 Å². The van der Waals surface area contributed by atoms with Crippen LogP contribution in [0, 0.1) is 29.6 Å². The molecule has 0 saturated heterocycles. The summed E-state index contributed by atoms with van der Waals surface area (Å²) < 4.78 is 0. The molecule has 13 heavy (non-hydrogen) atoms. The lowest BCUT2D eigenvalue weighted by atomic mass is 9.97. The Hall–Kier alpha value is -0.0400. The summed E-state index contributed by atoms with van der Waals surface area (Å²) in [6.45, 7) is 0. The van der Waals surface area contributed by atoms with Gasteiger partial charge in [-0.05, 0) is 55.3 Å². The molecular formula is C12H18O. The smallest absolute Gasteiger partial charge is 0.0744 e. The Bertz CT molecular complexity index is 240. The largest absolute Gasteiger partial charge is 0.389 e. The zero-order valence-electron chi connectivity index (χ0n) is 8.08. The lowest BCUT2D eigenvalue weighted by Crippen LogP contribution is -2.21. The van der Waals surface area contributed by atoms with E-state index in [1.165, 1.54) is 38.5 Å². The summed E-state index contributed by atoms with van der Waals surface area (Å²) in [6.07, 6.45) is 8.35. The molecule has 1 nitrogen and oxygen atoms in total. The Morgan fingerprint density at radius 3 is 2.00 bits per heavy atom. The summed E-state index contributed by atoms with van der Waals surface area (Å²) in [5.74, 6) is 4.15. The fourth-order valence-corrected chi connectivity index (χ4v) is 4.97. The highest BCUT2D eigenvalue weighted by Crippen LogP contribution is 2.75. The fraction of sp³-hybridized carbons (Fsp3) is 1.00. The van der Waals surface area contributed by atoms with E-state index in [4.69, 9.17) is 0 Å². The van der Waals surface area contributed by atoms with Crippen LogP contribution in [-0.2, 0) is 0 Å². The van der Waals surface area contributed by atoms with Gasteiger partial charge in [0.25, 0.3) is 0 Å². The van der Waals surface area contributed by atoms with Gasteiger partial charge in [0.1, 0.15) is 0 Å². The minimum atomic E-state index is -0.131. The van der Waals surface area contributed by atoms with Gasteiger partial charge in [-0.1, -0.05) is 12.8 Å². The predicted octanol–water partition coefficient (Wildman–Crippen LogP) is 2.19. The van der Waals surface area contributed by atoms with Crippen molar-refractivity contribution in [3.63, 3.8) is 0 Å². The van der Waals surface area contributed by atoms with Gasteiger partial charge in [0.05, 0.1) is 5.60 Å². The van der Waals surface area contributed by atoms with Crippen LogP contribution in [0.15, 0.2) is 0 Å². The number of hydrogen-bond donors (Lipinski definition) is 1. The van der Waals surface area contributed by atoms with Crippen molar-refractivity contribution >= 4 is 0 Å². The molecule has 0 spiro atoms. The van der Waals surface area contributed by atoms with Crippen molar-refractivity contribution < 1.29 is 5.11 Å². The summed E-state index contributed by atoms with van der Waals surface area (Å²) in [7, 11) is 0. The molecule has 0 aliphatic heterocycles. The average Bonchev–Trinajstić information content (AvgIpc) is 2.81. The van der Waals surface area contributed by atoms with Crippen molar-refractivity contribution in [2.24, 2.45) is 29.6 Å². The van der Waals surface area contributed by atoms with E-state index in [-0.39, 0.29) is 5.60 Å². The van der Waals surface area contributed by atoms with Gasteiger partial charge in [-0.3, -0.25) is 0 Å². The molecule has 0 heterocycles. The van der Waals surface area contributed by atoms with Gasteiger partial charge >= 0.3 is 0 Å². The molecule has 72 valence electrons. The molecule has 4 aliphatic carbocycles. The van der Waals surface area contributed by atoms with Crippen LogP contribution in [0.25, 0.3) is 0 Å². The SMILES string of the molecule is OC1(C2C3CCCC32)C2CCCC21. The van der Waals surface area contributed by atoms with Gasteiger partial charge < -0.3 is 5.11 Å². The maximum atomic E-state index is 10.6. The summed E-state index contributed by atoms with van der Waals surface area (Å²) in [5.41, 5.74) is -0.131. The number of aliphatic hydroxyl groups is 1. The third-order valence-corrected chi connectivity index (χ3v) is 5.54. The number of fused-ring (bicyclic) bond motifs is 2. The second-order valence-electron chi connectivity index (χ2n) is 5.82. The van der Waals surface area contributed by atoms with Crippen LogP contribution >= 0.6 is 0 Å². The second kappa shape index (κ2) is 1.98. The third kappa shape index (κ3) is 0.674. The highest BCUT2D eigenvalue weighted by molar-refractivity contribution is 5.25. The summed E-state index contributed by atoms with van der Waals surface area (Å²) >= 11 is 0. The average molecular weight is 178 g/mol. The molecule has 4 atom stereocenters. The Labute approximate surface area is 79.5 Å². The van der Waals surface area contributed by atoms with Gasteiger partial charge in [0.2, 0.25) is 0 Å². The van der Waals surface area contributed by atoms with E-state index in [2.05, 4.69) is 0 Å². The van der Waals surface area contributed by atoms with E-state index in [0.29, 0.717) is 0 Å². The normalized spacial score (nSPS) is 67.6. The number of rotatable bonds is 1. The standard InChI is InChI=1S/C12H18O/c13-12(9-5-2-6-10(9)12)11-7-3-1-4-8(7)11/h7-11,13H,1-6H2. The Morgan fingerprint density at radius 1 is 0.846 bits per heavy atom. The van der Waals surface area contributed by atoms with Crippen LogP contribution in [0.1, 0.15) is 38.5 Å². The third-order valence-electron chi connectivity index (χ3n) is 5.54. The predicted molar refractivity (Wildman–Crippen MR) is 50.1 cm³/mol. The minimum Gasteiger partial charge on any atom is -0.389 e. The van der Waals surface area contributed by atoms with E-state index < -0.39 is 0 Å². The zero-order valence-corrected chi connectivity index (χ0v) is 8.08. The number of hydrogen-bond acceptors (Lipinski definition) is 1. The maximum absolute atomic E-state index is 10.6. The van der Waals surface area contributed by atoms with Crippen molar-refractivity contribution in [3.05, 3.63) is 0 Å². The van der Waals surface area contributed by atoms with E-state index >= 15 is 0 Å². The van der Waals surface area contributed by atoms with Crippen molar-refractivity contribution in [3.8, 4) is 0 Å². The van der Waals surface area contributed by atoms with Crippen LogP contribution in [0.4, 0.5) is 0 Å². The lowest BCUT2D eigenvalue weighted by molar-refractivity contribution is 0.0691. The summed E-state index contributed by atoms with van der Waals surface area (Å²) in [6, 6.07) is 0. The molecule has 4 rings (SSSR count). The lowest BCUT2D eigenvalue weighted by Gasteiger charge is -2.16. The van der Waals surface area contributed by atoms with Gasteiger partial charge in [-0.2, -0.15) is 0 Å². The Balaban J connectivity index is 1.58. The molecule has 4 unspecified atom stereocenters. The monoisotopic (exact) mass is 178 g/mol. The molecule has 0 radical (unpaired) electrons. The summed E-state index contributed by atoms with van der Waals surface area (Å²) in [4.78, 5) is 0. The van der Waals surface area contributed by atoms with Crippen molar-refractivity contribution in [1.29, 1.82) is 0 Å². The Morgan fingerprint density at radius 2 is 1.38 bits per heavy atom. The molecule has 4 saturated carbocycles. The van der Waals surface area contributed by atoms with Gasteiger partial charge in [0, 0.05) is 0 Å². The van der Waals surface area contributed by atoms with Gasteiger partial charge in [-0.25, -0.2) is 0 Å². The van der Waals surface area contributed by atoms with E-state index in [1.54, 1.807) is 0 Å². The van der Waals surface area contributed by atoms with E-state index in [9.17, 15) is 5.11 Å². The fourth-order valence-electron chi connectivity index (χ4n) is 4.97. The molecule has 1 N–H and O–H groups in total. The summed E-state index contributed by atoms with van der Waals surface area (Å²) in [5, 5.41) is 10.6. The van der Waals surface area contributed by atoms with Gasteiger partial charge in [-0.15, -0.1) is 0 Å². The van der Waals surface area contributed by atoms with Crippen LogP contribution in [0.3, 0.4) is 0 Å². The molecule has 0 aromatic heterocycles. The molecule has 1 heteroatoms. The van der Waals surface area contributed by atoms with E-state index in [1.807, 2.05) is 0 Å². The Kier molecular flexibility index (Phi) is 1.11. The van der Waals surface area contributed by atoms with Crippen LogP contribution in [-0.4, -0.2) is 10.7 Å². The molecule has 0 aromatic rings. The maximum Gasteiger partial charge on any atom is 0.0744 e. The zero-order chi connectivity index (χ0) is 8.63. The second-order valence-corrected chi connectivity index (χ2v) is 5.82. The first kappa shape index (κ1) is 7.28. The molecule has 0 bridgehead atoms. The first-order valence-corrected chi connectivity index (χ1v) is 6.06. The van der Waals surface area contributed by atoms with Crippen LogP contribution in [0.2, 0.25) is 0 Å². The van der Waals surface area contributed by atoms with Crippen molar-refractivity contribution in [2.45, 2.75) is 44.1 Å². The van der Waals surface area contributed by atoms with E-state index in [0.717, 1.165) is 29.6 Å². The molecule has 4 aliphatic rings. The highest BCUT2D eigenvalue weighted by Gasteiger charge is 2.76. The highest BCUT2D eigenvalue weighted by atomic mass is 16.3. The minimum absolute atomic E-state index is 0.131. The first-order valence-electron chi connectivity index (χ1n) is 6.06.